The van der Waals surface area contributed by atoms with Crippen LogP contribution in [0.5, 0.6) is 5.88 Å². The van der Waals surface area contributed by atoms with Gasteiger partial charge in [-0.05, 0) is 24.1 Å². The maximum Gasteiger partial charge on any atom is 0.429 e. The van der Waals surface area contributed by atoms with Gasteiger partial charge in [0.1, 0.15) is 11.9 Å². The fourth-order valence-electron chi connectivity index (χ4n) is 2.95. The lowest BCUT2D eigenvalue weighted by molar-refractivity contribution is -0.199. The third-order valence-electron chi connectivity index (χ3n) is 4.52. The van der Waals surface area contributed by atoms with Crippen molar-refractivity contribution in [2.24, 2.45) is 5.73 Å². The van der Waals surface area contributed by atoms with Crippen LogP contribution in [0, 0.1) is 5.82 Å². The molecular formula is C21H17ClF4N4O3. The average molecular weight is 485 g/mol. The van der Waals surface area contributed by atoms with Crippen LogP contribution in [0.4, 0.5) is 23.5 Å². The maximum atomic E-state index is 14.2. The van der Waals surface area contributed by atoms with Crippen molar-refractivity contribution in [1.82, 2.24) is 9.97 Å². The number of carbonyl (C=O) groups is 1. The predicted octanol–water partition coefficient (Wildman–Crippen LogP) is 4.16. The summed E-state index contributed by atoms with van der Waals surface area (Å²) in [5.74, 6) is -3.23. The number of nitrogens with two attached hydrogens (primary N) is 2. The number of aliphatic carboxylic acids is 1. The summed E-state index contributed by atoms with van der Waals surface area (Å²) in [6.45, 7) is 0. The molecule has 3 aromatic rings. The molecule has 0 fully saturated rings. The van der Waals surface area contributed by atoms with Crippen molar-refractivity contribution < 1.29 is 32.2 Å². The Balaban J connectivity index is 1.91. The van der Waals surface area contributed by atoms with E-state index in [4.69, 9.17) is 32.9 Å². The Morgan fingerprint density at radius 1 is 1.12 bits per heavy atom. The predicted molar refractivity (Wildman–Crippen MR) is 112 cm³/mol. The number of nitrogen functional groups attached to an aromatic ring is 1. The molecule has 12 heteroatoms. The first-order valence-electron chi connectivity index (χ1n) is 9.34. The quantitative estimate of drug-likeness (QED) is 0.430. The van der Waals surface area contributed by atoms with Gasteiger partial charge in [0, 0.05) is 22.2 Å². The molecule has 0 aliphatic rings. The number of hydrogen-bond donors (Lipinski definition) is 3. The molecule has 2 aromatic carbocycles. The Bertz CT molecular complexity index is 1160. The van der Waals surface area contributed by atoms with Crippen LogP contribution in [0.15, 0.2) is 48.5 Å². The zero-order valence-corrected chi connectivity index (χ0v) is 17.4. The number of hydrogen-bond acceptors (Lipinski definition) is 6. The Morgan fingerprint density at radius 3 is 2.36 bits per heavy atom. The second-order valence-corrected chi connectivity index (χ2v) is 7.44. The van der Waals surface area contributed by atoms with E-state index in [1.165, 1.54) is 0 Å². The summed E-state index contributed by atoms with van der Waals surface area (Å²) >= 11 is 5.62. The zero-order chi connectivity index (χ0) is 24.3. The molecule has 33 heavy (non-hydrogen) atoms. The molecule has 0 saturated carbocycles. The van der Waals surface area contributed by atoms with Crippen LogP contribution in [0.2, 0.25) is 5.02 Å². The Hall–Kier alpha value is -3.44. The molecule has 0 spiro atoms. The summed E-state index contributed by atoms with van der Waals surface area (Å²) in [5.41, 5.74) is 11.6. The molecular weight excluding hydrogens is 468 g/mol. The molecule has 5 N–H and O–H groups in total. The van der Waals surface area contributed by atoms with Crippen molar-refractivity contribution in [3.8, 4) is 17.1 Å². The highest BCUT2D eigenvalue weighted by molar-refractivity contribution is 6.30. The van der Waals surface area contributed by atoms with Crippen molar-refractivity contribution in [1.29, 1.82) is 0 Å². The first-order chi connectivity index (χ1) is 15.4. The molecule has 174 valence electrons. The summed E-state index contributed by atoms with van der Waals surface area (Å²) in [6, 6.07) is 9.10. The fraction of sp³-hybridized carbons (Fsp3) is 0.190. The minimum absolute atomic E-state index is 0.0708. The lowest BCUT2D eigenvalue weighted by atomic mass is 10.0. The van der Waals surface area contributed by atoms with E-state index in [-0.39, 0.29) is 23.1 Å². The number of halogens is 5. The van der Waals surface area contributed by atoms with Crippen LogP contribution in [0.1, 0.15) is 17.2 Å². The van der Waals surface area contributed by atoms with Gasteiger partial charge in [0.15, 0.2) is 0 Å². The van der Waals surface area contributed by atoms with Crippen molar-refractivity contribution in [3.05, 3.63) is 70.5 Å². The summed E-state index contributed by atoms with van der Waals surface area (Å²) in [4.78, 5) is 18.6. The van der Waals surface area contributed by atoms with E-state index in [1.54, 1.807) is 24.3 Å². The molecule has 3 rings (SSSR count). The topological polar surface area (TPSA) is 124 Å². The summed E-state index contributed by atoms with van der Waals surface area (Å²) in [6.07, 6.45) is -7.56. The number of carboxylic acids is 1. The van der Waals surface area contributed by atoms with Gasteiger partial charge in [-0.2, -0.15) is 18.2 Å². The highest BCUT2D eigenvalue weighted by Gasteiger charge is 2.45. The number of nitrogens with zero attached hydrogens (tertiary/aromatic N) is 2. The van der Waals surface area contributed by atoms with Gasteiger partial charge in [0.25, 0.3) is 0 Å². The largest absolute Gasteiger partial charge is 0.480 e. The maximum absolute atomic E-state index is 14.2. The van der Waals surface area contributed by atoms with Gasteiger partial charge in [-0.15, -0.1) is 0 Å². The van der Waals surface area contributed by atoms with Gasteiger partial charge in [0.2, 0.25) is 17.9 Å². The van der Waals surface area contributed by atoms with Crippen molar-refractivity contribution >= 4 is 23.5 Å². The molecule has 1 unspecified atom stereocenters. The molecule has 0 amide bonds. The van der Waals surface area contributed by atoms with E-state index >= 15 is 0 Å². The summed E-state index contributed by atoms with van der Waals surface area (Å²) in [7, 11) is 0. The number of ether oxygens (including phenoxy) is 1. The van der Waals surface area contributed by atoms with E-state index < -0.39 is 41.6 Å². The van der Waals surface area contributed by atoms with E-state index in [0.29, 0.717) is 11.1 Å². The van der Waals surface area contributed by atoms with Crippen LogP contribution >= 0.6 is 11.6 Å². The van der Waals surface area contributed by atoms with Gasteiger partial charge >= 0.3 is 12.1 Å². The molecule has 0 bridgehead atoms. The normalized spacial score (nSPS) is 13.4. The summed E-state index contributed by atoms with van der Waals surface area (Å²) < 4.78 is 60.1. The average Bonchev–Trinajstić information content (AvgIpc) is 2.72. The molecule has 0 aliphatic heterocycles. The smallest absolute Gasteiger partial charge is 0.429 e. The molecule has 2 atom stereocenters. The van der Waals surface area contributed by atoms with Crippen LogP contribution in [-0.2, 0) is 11.2 Å². The van der Waals surface area contributed by atoms with Crippen LogP contribution in [-0.4, -0.2) is 33.3 Å². The number of aromatic nitrogens is 2. The lowest BCUT2D eigenvalue weighted by Crippen LogP contribution is -2.32. The first kappa shape index (κ1) is 24.2. The SMILES string of the molecule is Nc1nc(OC(c2ccc(Cl)cc2F)C(F)(F)F)cc(-c2ccc(C[C@H](N)C(=O)O)cc2)n1. The monoisotopic (exact) mass is 484 g/mol. The third kappa shape index (κ3) is 6.08. The summed E-state index contributed by atoms with van der Waals surface area (Å²) in [5, 5.41) is 8.83. The van der Waals surface area contributed by atoms with Crippen LogP contribution in [0.25, 0.3) is 11.3 Å². The van der Waals surface area contributed by atoms with E-state index in [2.05, 4.69) is 9.97 Å². The zero-order valence-electron chi connectivity index (χ0n) is 16.7. The van der Waals surface area contributed by atoms with Gasteiger partial charge in [-0.3, -0.25) is 4.79 Å². The lowest BCUT2D eigenvalue weighted by Gasteiger charge is -2.22. The van der Waals surface area contributed by atoms with Crippen molar-refractivity contribution in [2.75, 3.05) is 5.73 Å². The first-order valence-corrected chi connectivity index (χ1v) is 9.72. The molecule has 0 aliphatic carbocycles. The molecule has 7 nitrogen and oxygen atoms in total. The molecule has 1 heterocycles. The molecule has 0 radical (unpaired) electrons. The minimum atomic E-state index is -4.97. The Labute approximate surface area is 190 Å². The highest BCUT2D eigenvalue weighted by Crippen LogP contribution is 2.38. The molecule has 0 saturated heterocycles. The number of alkyl halides is 3. The minimum Gasteiger partial charge on any atom is -0.480 e. The Kier molecular flexibility index (Phi) is 7.04. The third-order valence-corrected chi connectivity index (χ3v) is 4.76. The van der Waals surface area contributed by atoms with Crippen LogP contribution < -0.4 is 16.2 Å². The fourth-order valence-corrected chi connectivity index (χ4v) is 3.10. The van der Waals surface area contributed by atoms with Crippen LogP contribution in [0.3, 0.4) is 0 Å². The van der Waals surface area contributed by atoms with Gasteiger partial charge in [0.05, 0.1) is 5.69 Å². The van der Waals surface area contributed by atoms with Gasteiger partial charge < -0.3 is 21.3 Å². The van der Waals surface area contributed by atoms with Gasteiger partial charge in [-0.1, -0.05) is 41.9 Å². The Morgan fingerprint density at radius 2 is 1.79 bits per heavy atom. The van der Waals surface area contributed by atoms with Crippen molar-refractivity contribution in [2.45, 2.75) is 24.7 Å². The van der Waals surface area contributed by atoms with E-state index in [9.17, 15) is 22.4 Å². The van der Waals surface area contributed by atoms with E-state index in [1.807, 2.05) is 0 Å². The number of carboxylic acid groups (broad SMARTS) is 1. The standard InChI is InChI=1S/C21H17ClF4N4O3/c22-12-5-6-13(14(23)8-12)18(21(24,25)26)33-17-9-16(29-20(28)30-17)11-3-1-10(2-4-11)7-15(27)19(31)32/h1-6,8-9,15,18H,7,27H2,(H,31,32)(H2,28,29,30)/t15-,18?/m0/s1. The number of anilines is 1. The number of benzene rings is 2. The second kappa shape index (κ2) is 9.59. The number of rotatable bonds is 7. The highest BCUT2D eigenvalue weighted by atomic mass is 35.5. The second-order valence-electron chi connectivity index (χ2n) is 7.00. The van der Waals surface area contributed by atoms with E-state index in [0.717, 1.165) is 24.3 Å². The molecule has 1 aromatic heterocycles. The van der Waals surface area contributed by atoms with Gasteiger partial charge in [-0.25, -0.2) is 9.37 Å². The van der Waals surface area contributed by atoms with Crippen molar-refractivity contribution in [3.63, 3.8) is 0 Å².